The molecule has 0 aliphatic rings. The van der Waals surface area contributed by atoms with Gasteiger partial charge in [-0.1, -0.05) is 0 Å². The SMILES string of the molecule is Cc1ccnc2c(F)cc(CCC(=O)O)cc12. The molecule has 1 heterocycles. The maximum Gasteiger partial charge on any atom is 0.303 e. The van der Waals surface area contributed by atoms with Gasteiger partial charge in [-0.3, -0.25) is 9.78 Å². The van der Waals surface area contributed by atoms with Crippen LogP contribution in [0.2, 0.25) is 0 Å². The number of aromatic nitrogens is 1. The minimum absolute atomic E-state index is 0.00422. The molecule has 0 saturated heterocycles. The number of carboxylic acid groups (broad SMARTS) is 1. The van der Waals surface area contributed by atoms with Gasteiger partial charge >= 0.3 is 5.97 Å². The number of hydrogen-bond acceptors (Lipinski definition) is 2. The van der Waals surface area contributed by atoms with Crippen molar-refractivity contribution >= 4 is 16.9 Å². The van der Waals surface area contributed by atoms with Crippen molar-refractivity contribution in [3.63, 3.8) is 0 Å². The fraction of sp³-hybridized carbons (Fsp3) is 0.231. The van der Waals surface area contributed by atoms with E-state index in [9.17, 15) is 9.18 Å². The predicted molar refractivity (Wildman–Crippen MR) is 62.4 cm³/mol. The van der Waals surface area contributed by atoms with E-state index in [1.807, 2.05) is 19.1 Å². The lowest BCUT2D eigenvalue weighted by molar-refractivity contribution is -0.136. The number of carbonyl (C=O) groups is 1. The van der Waals surface area contributed by atoms with Crippen LogP contribution >= 0.6 is 0 Å². The summed E-state index contributed by atoms with van der Waals surface area (Å²) in [4.78, 5) is 14.5. The smallest absolute Gasteiger partial charge is 0.303 e. The number of benzene rings is 1. The molecule has 0 aliphatic carbocycles. The number of pyridine rings is 1. The molecule has 1 aromatic carbocycles. The third-order valence-electron chi connectivity index (χ3n) is 2.70. The molecule has 17 heavy (non-hydrogen) atoms. The maximum absolute atomic E-state index is 13.7. The monoisotopic (exact) mass is 233 g/mol. The molecule has 3 nitrogen and oxygen atoms in total. The van der Waals surface area contributed by atoms with Crippen LogP contribution in [0.1, 0.15) is 17.5 Å². The predicted octanol–water partition coefficient (Wildman–Crippen LogP) is 2.70. The van der Waals surface area contributed by atoms with Crippen LogP contribution in [0.3, 0.4) is 0 Å². The molecule has 0 atom stereocenters. The highest BCUT2D eigenvalue weighted by Gasteiger charge is 2.08. The highest BCUT2D eigenvalue weighted by atomic mass is 19.1. The molecule has 0 amide bonds. The second-order valence-electron chi connectivity index (χ2n) is 4.00. The van der Waals surface area contributed by atoms with E-state index in [4.69, 9.17) is 5.11 Å². The molecule has 0 radical (unpaired) electrons. The van der Waals surface area contributed by atoms with Gasteiger partial charge in [-0.25, -0.2) is 4.39 Å². The molecule has 1 N–H and O–H groups in total. The summed E-state index contributed by atoms with van der Waals surface area (Å²) >= 11 is 0. The van der Waals surface area contributed by atoms with Gasteiger partial charge in [-0.05, 0) is 42.7 Å². The summed E-state index contributed by atoms with van der Waals surface area (Å²) in [5, 5.41) is 9.35. The zero-order chi connectivity index (χ0) is 12.4. The second-order valence-corrected chi connectivity index (χ2v) is 4.00. The number of nitrogens with zero attached hydrogens (tertiary/aromatic N) is 1. The lowest BCUT2D eigenvalue weighted by Crippen LogP contribution is -1.98. The molecule has 0 bridgehead atoms. The van der Waals surface area contributed by atoms with Crippen molar-refractivity contribution in [2.75, 3.05) is 0 Å². The van der Waals surface area contributed by atoms with Crippen LogP contribution in [-0.4, -0.2) is 16.1 Å². The van der Waals surface area contributed by atoms with Gasteiger partial charge in [0.25, 0.3) is 0 Å². The average molecular weight is 233 g/mol. The summed E-state index contributed by atoms with van der Waals surface area (Å²) in [6, 6.07) is 4.98. The molecular weight excluding hydrogens is 221 g/mol. The summed E-state index contributed by atoms with van der Waals surface area (Å²) in [6.07, 6.45) is 1.90. The number of aliphatic carboxylic acids is 1. The molecule has 0 saturated carbocycles. The van der Waals surface area contributed by atoms with Crippen molar-refractivity contribution < 1.29 is 14.3 Å². The van der Waals surface area contributed by atoms with Crippen molar-refractivity contribution in [1.29, 1.82) is 0 Å². The van der Waals surface area contributed by atoms with Gasteiger partial charge in [0, 0.05) is 18.0 Å². The van der Waals surface area contributed by atoms with Gasteiger partial charge in [0.15, 0.2) is 0 Å². The zero-order valence-corrected chi connectivity index (χ0v) is 9.40. The standard InChI is InChI=1S/C13H12FNO2/c1-8-4-5-15-13-10(8)6-9(7-11(13)14)2-3-12(16)17/h4-7H,2-3H2,1H3,(H,16,17). The number of hydrogen-bond donors (Lipinski definition) is 1. The Morgan fingerprint density at radius 3 is 2.94 bits per heavy atom. The molecule has 0 aliphatic heterocycles. The molecule has 1 aromatic heterocycles. The maximum atomic E-state index is 13.7. The Labute approximate surface area is 97.9 Å². The Kier molecular flexibility index (Phi) is 3.04. The number of fused-ring (bicyclic) bond motifs is 1. The number of carboxylic acids is 1. The quantitative estimate of drug-likeness (QED) is 0.886. The van der Waals surface area contributed by atoms with Gasteiger partial charge < -0.3 is 5.11 Å². The fourth-order valence-electron chi connectivity index (χ4n) is 1.80. The lowest BCUT2D eigenvalue weighted by atomic mass is 10.0. The summed E-state index contributed by atoms with van der Waals surface area (Å²) in [5.41, 5.74) is 1.96. The number of rotatable bonds is 3. The first-order valence-corrected chi connectivity index (χ1v) is 5.33. The number of aryl methyl sites for hydroxylation is 2. The van der Waals surface area contributed by atoms with Crippen LogP contribution < -0.4 is 0 Å². The van der Waals surface area contributed by atoms with Crippen LogP contribution in [0.25, 0.3) is 10.9 Å². The summed E-state index contributed by atoms with van der Waals surface area (Å²) in [6.45, 7) is 1.88. The molecule has 0 fully saturated rings. The van der Waals surface area contributed by atoms with E-state index in [1.54, 1.807) is 6.20 Å². The highest BCUT2D eigenvalue weighted by Crippen LogP contribution is 2.21. The third-order valence-corrected chi connectivity index (χ3v) is 2.70. The third kappa shape index (κ3) is 2.41. The second kappa shape index (κ2) is 4.49. The van der Waals surface area contributed by atoms with Crippen LogP contribution in [0.4, 0.5) is 4.39 Å². The van der Waals surface area contributed by atoms with E-state index >= 15 is 0 Å². The van der Waals surface area contributed by atoms with Crippen LogP contribution in [0, 0.1) is 12.7 Å². The Bertz CT molecular complexity index is 581. The Morgan fingerprint density at radius 1 is 1.47 bits per heavy atom. The summed E-state index contributed by atoms with van der Waals surface area (Å²) in [5.74, 6) is -1.28. The lowest BCUT2D eigenvalue weighted by Gasteiger charge is -2.05. The van der Waals surface area contributed by atoms with E-state index in [1.165, 1.54) is 6.07 Å². The minimum Gasteiger partial charge on any atom is -0.481 e. The van der Waals surface area contributed by atoms with Gasteiger partial charge in [-0.2, -0.15) is 0 Å². The number of halogens is 1. The molecule has 0 unspecified atom stereocenters. The Balaban J connectivity index is 2.46. The minimum atomic E-state index is -0.881. The van der Waals surface area contributed by atoms with E-state index in [0.29, 0.717) is 17.5 Å². The first-order chi connectivity index (χ1) is 8.08. The fourth-order valence-corrected chi connectivity index (χ4v) is 1.80. The van der Waals surface area contributed by atoms with Crippen LogP contribution in [0.15, 0.2) is 24.4 Å². The average Bonchev–Trinajstić information content (AvgIpc) is 2.28. The molecule has 88 valence electrons. The topological polar surface area (TPSA) is 50.2 Å². The van der Waals surface area contributed by atoms with Crippen molar-refractivity contribution in [2.24, 2.45) is 0 Å². The van der Waals surface area contributed by atoms with E-state index in [0.717, 1.165) is 10.9 Å². The molecule has 0 spiro atoms. The zero-order valence-electron chi connectivity index (χ0n) is 9.40. The van der Waals surface area contributed by atoms with Crippen LogP contribution in [-0.2, 0) is 11.2 Å². The van der Waals surface area contributed by atoms with Crippen molar-refractivity contribution in [3.05, 3.63) is 41.3 Å². The van der Waals surface area contributed by atoms with Gasteiger partial charge in [0.05, 0.1) is 0 Å². The van der Waals surface area contributed by atoms with E-state index < -0.39 is 11.8 Å². The summed E-state index contributed by atoms with van der Waals surface area (Å²) in [7, 11) is 0. The van der Waals surface area contributed by atoms with Crippen molar-refractivity contribution in [2.45, 2.75) is 19.8 Å². The molecule has 4 heteroatoms. The highest BCUT2D eigenvalue weighted by molar-refractivity contribution is 5.83. The van der Waals surface area contributed by atoms with Crippen LogP contribution in [0.5, 0.6) is 0 Å². The van der Waals surface area contributed by atoms with Gasteiger partial charge in [-0.15, -0.1) is 0 Å². The molecule has 2 rings (SSSR count). The van der Waals surface area contributed by atoms with E-state index in [2.05, 4.69) is 4.98 Å². The Morgan fingerprint density at radius 2 is 2.24 bits per heavy atom. The Hall–Kier alpha value is -1.97. The molecular formula is C13H12FNO2. The first-order valence-electron chi connectivity index (χ1n) is 5.33. The van der Waals surface area contributed by atoms with Gasteiger partial charge in [0.2, 0.25) is 0 Å². The summed E-state index contributed by atoms with van der Waals surface area (Å²) < 4.78 is 13.7. The van der Waals surface area contributed by atoms with E-state index in [-0.39, 0.29) is 6.42 Å². The first kappa shape index (κ1) is 11.5. The van der Waals surface area contributed by atoms with Crippen molar-refractivity contribution in [3.8, 4) is 0 Å². The van der Waals surface area contributed by atoms with Crippen molar-refractivity contribution in [1.82, 2.24) is 4.98 Å². The largest absolute Gasteiger partial charge is 0.481 e. The van der Waals surface area contributed by atoms with Gasteiger partial charge in [0.1, 0.15) is 11.3 Å². The molecule has 2 aromatic rings. The normalized spacial score (nSPS) is 10.7.